The molecule has 0 aromatic carbocycles. The highest BCUT2D eigenvalue weighted by atomic mass is 32.2. The molecule has 1 aliphatic carbocycles. The molecule has 0 radical (unpaired) electrons. The molecule has 3 N–H and O–H groups in total. The number of nitrogens with zero attached hydrogens (tertiary/aromatic N) is 3. The Morgan fingerprint density at radius 2 is 2.20 bits per heavy atom. The van der Waals surface area contributed by atoms with Crippen LogP contribution in [0.25, 0.3) is 10.7 Å². The van der Waals surface area contributed by atoms with Crippen LogP contribution in [0.5, 0.6) is 0 Å². The van der Waals surface area contributed by atoms with Crippen LogP contribution in [0.1, 0.15) is 44.6 Å². The molecule has 3 amide bonds. The van der Waals surface area contributed by atoms with Gasteiger partial charge in [-0.15, -0.1) is 28.1 Å². The minimum atomic E-state index is -0.863. The summed E-state index contributed by atoms with van der Waals surface area (Å²) in [4.78, 5) is 25.5. The average Bonchev–Trinajstić information content (AvgIpc) is 3.24. The molecule has 0 aliphatic heterocycles. The quantitative estimate of drug-likeness (QED) is 0.514. The lowest BCUT2D eigenvalue weighted by atomic mass is 9.72. The molecule has 1 aliphatic rings. The van der Waals surface area contributed by atoms with Crippen molar-refractivity contribution in [3.8, 4) is 10.7 Å². The Kier molecular flexibility index (Phi) is 6.71. The Morgan fingerprint density at radius 3 is 2.83 bits per heavy atom. The molecule has 3 rings (SSSR count). The molecule has 2 aromatic rings. The molecule has 7 nitrogen and oxygen atoms in total. The number of hydrogen-bond donors (Lipinski definition) is 2. The van der Waals surface area contributed by atoms with Crippen molar-refractivity contribution in [2.45, 2.75) is 63.9 Å². The number of allylic oxidation sites excluding steroid dienone is 1. The van der Waals surface area contributed by atoms with Gasteiger partial charge in [0.2, 0.25) is 5.91 Å². The average molecular weight is 448 g/mol. The number of nitrogens with two attached hydrogens (primary N) is 1. The number of imide groups is 1. The molecule has 0 bridgehead atoms. The van der Waals surface area contributed by atoms with Crippen molar-refractivity contribution in [2.24, 2.45) is 17.1 Å². The van der Waals surface area contributed by atoms with Gasteiger partial charge in [0.1, 0.15) is 0 Å². The summed E-state index contributed by atoms with van der Waals surface area (Å²) in [5.74, 6) is 1.00. The van der Waals surface area contributed by atoms with E-state index in [-0.39, 0.29) is 0 Å². The van der Waals surface area contributed by atoms with Crippen LogP contribution in [0.15, 0.2) is 23.9 Å². The van der Waals surface area contributed by atoms with Gasteiger partial charge in [0.05, 0.1) is 10.1 Å². The highest BCUT2D eigenvalue weighted by Gasteiger charge is 2.30. The van der Waals surface area contributed by atoms with Gasteiger partial charge in [-0.25, -0.2) is 4.79 Å². The minimum absolute atomic E-state index is 0.300. The van der Waals surface area contributed by atoms with E-state index in [0.29, 0.717) is 23.0 Å². The summed E-state index contributed by atoms with van der Waals surface area (Å²) < 4.78 is 1.96. The largest absolute Gasteiger partial charge is 0.351 e. The zero-order valence-corrected chi connectivity index (χ0v) is 19.5. The Hall–Kier alpha value is -2.13. The predicted molar refractivity (Wildman–Crippen MR) is 122 cm³/mol. The number of rotatable bonds is 6. The van der Waals surface area contributed by atoms with Crippen LogP contribution in [0.3, 0.4) is 0 Å². The summed E-state index contributed by atoms with van der Waals surface area (Å²) in [6, 6.07) is 1.39. The molecular formula is C21H29N5O2S2. The standard InChI is InChI=1S/C21H29N5O2S2/c1-6-9-26-17(24-25-20(26)29-12(2)18(27)23-19(22)28)16-11-13-10-14(21(3,4)5)7-8-15(13)30-16/h6,11-12,14H,1,7-10H2,2-5H3,(H3,22,23,27,28)/t12-,14-/m0/s1. The minimum Gasteiger partial charge on any atom is -0.351 e. The molecule has 162 valence electrons. The molecule has 2 atom stereocenters. The Bertz CT molecular complexity index is 957. The summed E-state index contributed by atoms with van der Waals surface area (Å²) in [5.41, 5.74) is 6.76. The number of fused-ring (bicyclic) bond motifs is 1. The number of thioether (sulfide) groups is 1. The van der Waals surface area contributed by atoms with Crippen LogP contribution >= 0.6 is 23.1 Å². The van der Waals surface area contributed by atoms with E-state index in [2.05, 4.69) is 48.9 Å². The smallest absolute Gasteiger partial charge is 0.318 e. The van der Waals surface area contributed by atoms with Crippen molar-refractivity contribution in [1.82, 2.24) is 20.1 Å². The number of primary amides is 1. The fourth-order valence-electron chi connectivity index (χ4n) is 3.66. The fraction of sp³-hybridized carbons (Fsp3) is 0.524. The van der Waals surface area contributed by atoms with Crippen LogP contribution in [-0.4, -0.2) is 32.0 Å². The van der Waals surface area contributed by atoms with Crippen molar-refractivity contribution in [3.63, 3.8) is 0 Å². The number of thiophene rings is 1. The monoisotopic (exact) mass is 447 g/mol. The number of amides is 3. The second-order valence-corrected chi connectivity index (χ2v) is 11.1. The first kappa shape index (κ1) is 22.6. The zero-order valence-electron chi connectivity index (χ0n) is 17.9. The molecule has 2 aromatic heterocycles. The number of aryl methyl sites for hydroxylation is 1. The van der Waals surface area contributed by atoms with Crippen molar-refractivity contribution in [2.75, 3.05) is 0 Å². The van der Waals surface area contributed by atoms with E-state index in [1.165, 1.54) is 28.6 Å². The Morgan fingerprint density at radius 1 is 1.47 bits per heavy atom. The molecule has 0 unspecified atom stereocenters. The number of nitrogens with one attached hydrogen (secondary N) is 1. The van der Waals surface area contributed by atoms with Crippen LogP contribution in [0, 0.1) is 11.3 Å². The van der Waals surface area contributed by atoms with E-state index in [0.717, 1.165) is 23.5 Å². The molecule has 30 heavy (non-hydrogen) atoms. The third kappa shape index (κ3) is 4.95. The van der Waals surface area contributed by atoms with Gasteiger partial charge >= 0.3 is 6.03 Å². The number of urea groups is 1. The fourth-order valence-corrected chi connectivity index (χ4v) is 5.72. The first-order chi connectivity index (χ1) is 14.1. The van der Waals surface area contributed by atoms with Crippen molar-refractivity contribution in [1.29, 1.82) is 0 Å². The third-order valence-electron chi connectivity index (χ3n) is 5.45. The lowest BCUT2D eigenvalue weighted by Gasteiger charge is -2.33. The maximum atomic E-state index is 12.0. The van der Waals surface area contributed by atoms with Crippen LogP contribution in [0.4, 0.5) is 4.79 Å². The maximum absolute atomic E-state index is 12.0. The summed E-state index contributed by atoms with van der Waals surface area (Å²) >= 11 is 3.02. The van der Waals surface area contributed by atoms with Crippen LogP contribution in [-0.2, 0) is 24.2 Å². The van der Waals surface area contributed by atoms with Gasteiger partial charge in [0.25, 0.3) is 0 Å². The number of hydrogen-bond acceptors (Lipinski definition) is 6. The van der Waals surface area contributed by atoms with Crippen LogP contribution in [0.2, 0.25) is 0 Å². The van der Waals surface area contributed by atoms with Crippen molar-refractivity contribution in [3.05, 3.63) is 29.2 Å². The van der Waals surface area contributed by atoms with Gasteiger partial charge in [-0.05, 0) is 49.1 Å². The first-order valence-electron chi connectivity index (χ1n) is 10.0. The van der Waals surface area contributed by atoms with Gasteiger partial charge in [-0.2, -0.15) is 0 Å². The number of carbonyl (C=O) groups is 2. The van der Waals surface area contributed by atoms with E-state index in [9.17, 15) is 9.59 Å². The molecule has 0 fully saturated rings. The van der Waals surface area contributed by atoms with E-state index in [1.807, 2.05) is 4.57 Å². The summed E-state index contributed by atoms with van der Waals surface area (Å²) in [5, 5.41) is 10.9. The maximum Gasteiger partial charge on any atom is 0.318 e. The lowest BCUT2D eigenvalue weighted by molar-refractivity contribution is -0.119. The molecule has 0 saturated carbocycles. The predicted octanol–water partition coefficient (Wildman–Crippen LogP) is 4.02. The number of aromatic nitrogens is 3. The second-order valence-electron chi connectivity index (χ2n) is 8.68. The highest BCUT2D eigenvalue weighted by molar-refractivity contribution is 8.00. The SMILES string of the molecule is C=CCn1c(S[C@@H](C)C(=O)NC(N)=O)nnc1-c1cc2c(s1)CC[C@H](C(C)(C)C)C2. The van der Waals surface area contributed by atoms with Crippen LogP contribution < -0.4 is 11.1 Å². The topological polar surface area (TPSA) is 103 Å². The molecule has 9 heteroatoms. The molecular weight excluding hydrogens is 418 g/mol. The van der Waals surface area contributed by atoms with E-state index < -0.39 is 17.2 Å². The lowest BCUT2D eigenvalue weighted by Crippen LogP contribution is -2.39. The Labute approximate surface area is 185 Å². The van der Waals surface area contributed by atoms with Gasteiger partial charge < -0.3 is 5.73 Å². The van der Waals surface area contributed by atoms with Gasteiger partial charge in [-0.1, -0.05) is 38.6 Å². The van der Waals surface area contributed by atoms with Gasteiger partial charge in [-0.3, -0.25) is 14.7 Å². The van der Waals surface area contributed by atoms with E-state index >= 15 is 0 Å². The van der Waals surface area contributed by atoms with Crippen molar-refractivity contribution >= 4 is 35.0 Å². The van der Waals surface area contributed by atoms with Gasteiger partial charge in [0.15, 0.2) is 11.0 Å². The summed E-state index contributed by atoms with van der Waals surface area (Å²) in [6.45, 7) is 13.0. The highest BCUT2D eigenvalue weighted by Crippen LogP contribution is 2.42. The van der Waals surface area contributed by atoms with E-state index in [1.54, 1.807) is 24.3 Å². The summed E-state index contributed by atoms with van der Waals surface area (Å²) in [6.07, 6.45) is 5.19. The molecule has 0 spiro atoms. The zero-order chi connectivity index (χ0) is 22.1. The van der Waals surface area contributed by atoms with Crippen molar-refractivity contribution < 1.29 is 9.59 Å². The molecule has 2 heterocycles. The normalized spacial score (nSPS) is 17.3. The van der Waals surface area contributed by atoms with Gasteiger partial charge in [0, 0.05) is 11.4 Å². The van der Waals surface area contributed by atoms with E-state index in [4.69, 9.17) is 5.73 Å². The summed E-state index contributed by atoms with van der Waals surface area (Å²) in [7, 11) is 0. The third-order valence-corrected chi connectivity index (χ3v) is 7.77. The Balaban J connectivity index is 1.86. The first-order valence-corrected chi connectivity index (χ1v) is 11.7. The second kappa shape index (κ2) is 8.93. The molecule has 0 saturated heterocycles. The number of carbonyl (C=O) groups excluding carboxylic acids is 2.